The lowest BCUT2D eigenvalue weighted by molar-refractivity contribution is -0.163. The lowest BCUT2D eigenvalue weighted by Gasteiger charge is -2.29. The summed E-state index contributed by atoms with van der Waals surface area (Å²) in [7, 11) is 0. The van der Waals surface area contributed by atoms with Gasteiger partial charge in [-0.05, 0) is 89.0 Å². The molecular weight excluding hydrogens is 943 g/mol. The number of hydrogen-bond acceptors (Lipinski definition) is 14. The minimum Gasteiger partial charge on any atom is -0.490 e. The topological polar surface area (TPSA) is 189 Å². The zero-order chi connectivity index (χ0) is 49.9. The molecule has 4 fully saturated rings. The fourth-order valence-electron chi connectivity index (χ4n) is 9.28. The largest absolute Gasteiger partial charge is 0.490 e. The van der Waals surface area contributed by atoms with E-state index in [1.807, 2.05) is 68.4 Å². The number of ether oxygens (including phenoxy) is 8. The fourth-order valence-corrected chi connectivity index (χ4v) is 9.65. The first-order valence-electron chi connectivity index (χ1n) is 24.1. The van der Waals surface area contributed by atoms with Gasteiger partial charge in [-0.25, -0.2) is 0 Å². The number of rotatable bonds is 24. The molecule has 70 heavy (non-hydrogen) atoms. The van der Waals surface area contributed by atoms with Gasteiger partial charge >= 0.3 is 11.9 Å². The highest BCUT2D eigenvalue weighted by Gasteiger charge is 2.57. The molecule has 8 rings (SSSR count). The summed E-state index contributed by atoms with van der Waals surface area (Å²) in [6.45, 7) is 9.35. The molecule has 0 bridgehead atoms. The average Bonchev–Trinajstić information content (AvgIpc) is 3.93. The maximum atomic E-state index is 11.6. The predicted molar refractivity (Wildman–Crippen MR) is 261 cm³/mol. The minimum absolute atomic E-state index is 0.00109. The van der Waals surface area contributed by atoms with Gasteiger partial charge in [-0.15, -0.1) is 0 Å². The summed E-state index contributed by atoms with van der Waals surface area (Å²) in [5, 5.41) is 39.8. The lowest BCUT2D eigenvalue weighted by Crippen LogP contribution is -2.37. The first kappa shape index (κ1) is 53.5. The second-order valence-electron chi connectivity index (χ2n) is 18.6. The molecule has 2 aliphatic heterocycles. The molecule has 0 aromatic heterocycles. The minimum atomic E-state index is -1.37. The van der Waals surface area contributed by atoms with Gasteiger partial charge < -0.3 is 58.3 Å². The molecule has 2 aliphatic carbocycles. The van der Waals surface area contributed by atoms with Crippen LogP contribution in [0.25, 0.3) is 0 Å². The number of aliphatic hydroxyl groups is 4. The van der Waals surface area contributed by atoms with E-state index in [0.717, 1.165) is 65.7 Å². The first-order valence-corrected chi connectivity index (χ1v) is 24.9. The van der Waals surface area contributed by atoms with E-state index in [-0.39, 0.29) is 37.9 Å². The van der Waals surface area contributed by atoms with Crippen molar-refractivity contribution in [3.63, 3.8) is 0 Å². The third-order valence-corrected chi connectivity index (χ3v) is 14.3. The highest BCUT2D eigenvalue weighted by atomic mass is 35.5. The Morgan fingerprint density at radius 1 is 0.686 bits per heavy atom. The molecule has 4 aromatic rings. The fraction of sp³-hybridized carbons (Fsp3) is 0.519. The highest BCUT2D eigenvalue weighted by molar-refractivity contribution is 6.31. The maximum absolute atomic E-state index is 11.6. The predicted octanol–water partition coefficient (Wildman–Crippen LogP) is 7.10. The average molecular weight is 1010 g/mol. The van der Waals surface area contributed by atoms with Crippen molar-refractivity contribution in [3.05, 3.63) is 128 Å². The molecule has 4 aliphatic rings. The quantitative estimate of drug-likeness (QED) is 0.0521. The van der Waals surface area contributed by atoms with Gasteiger partial charge in [0.1, 0.15) is 54.7 Å². The Balaban J connectivity index is 0.000000209. The number of carbonyl (C=O) groups is 2. The van der Waals surface area contributed by atoms with Crippen molar-refractivity contribution in [1.82, 2.24) is 0 Å². The molecule has 2 saturated heterocycles. The van der Waals surface area contributed by atoms with Crippen molar-refractivity contribution >= 4 is 35.1 Å². The van der Waals surface area contributed by atoms with Crippen molar-refractivity contribution in [2.24, 2.45) is 29.6 Å². The van der Waals surface area contributed by atoms with Crippen LogP contribution in [0.1, 0.15) is 73.6 Å². The van der Waals surface area contributed by atoms with E-state index in [2.05, 4.69) is 18.2 Å². The van der Waals surface area contributed by atoms with Gasteiger partial charge in [-0.2, -0.15) is 0 Å². The number of fused-ring (bicyclic) bond motifs is 2. The van der Waals surface area contributed by atoms with Gasteiger partial charge in [0.2, 0.25) is 0 Å². The molecular formula is C54H66Cl2O14. The van der Waals surface area contributed by atoms with Crippen LogP contribution in [-0.4, -0.2) is 122 Å². The zero-order valence-electron chi connectivity index (χ0n) is 40.1. The molecule has 0 amide bonds. The van der Waals surface area contributed by atoms with E-state index in [9.17, 15) is 24.9 Å². The molecule has 0 spiro atoms. The van der Waals surface area contributed by atoms with Gasteiger partial charge in [-0.1, -0.05) is 85.6 Å². The Hall–Kier alpha value is -4.32. The highest BCUT2D eigenvalue weighted by Crippen LogP contribution is 2.47. The van der Waals surface area contributed by atoms with Gasteiger partial charge in [0.05, 0.1) is 59.0 Å². The zero-order valence-corrected chi connectivity index (χ0v) is 41.6. The van der Waals surface area contributed by atoms with Gasteiger partial charge in [-0.3, -0.25) is 9.59 Å². The summed E-state index contributed by atoms with van der Waals surface area (Å²) < 4.78 is 45.3. The van der Waals surface area contributed by atoms with Crippen molar-refractivity contribution in [3.8, 4) is 11.5 Å². The second-order valence-corrected chi connectivity index (χ2v) is 19.5. The lowest BCUT2D eigenvalue weighted by atomic mass is 9.96. The molecule has 2 saturated carbocycles. The van der Waals surface area contributed by atoms with E-state index in [1.54, 1.807) is 12.1 Å². The van der Waals surface area contributed by atoms with Crippen molar-refractivity contribution in [1.29, 1.82) is 0 Å². The molecule has 0 radical (unpaired) electrons. The normalized spacial score (nSPS) is 23.3. The summed E-state index contributed by atoms with van der Waals surface area (Å²) >= 11 is 13.0. The monoisotopic (exact) mass is 1010 g/mol. The van der Waals surface area contributed by atoms with Crippen molar-refractivity contribution in [2.75, 3.05) is 52.9 Å². The van der Waals surface area contributed by atoms with E-state index in [0.29, 0.717) is 71.3 Å². The van der Waals surface area contributed by atoms with Crippen LogP contribution in [0.5, 0.6) is 11.5 Å². The Kier molecular flexibility index (Phi) is 19.4. The third kappa shape index (κ3) is 14.4. The first-order chi connectivity index (χ1) is 33.8. The number of halogens is 2. The standard InChI is InChI=1S/C30H37ClO7.C24H29ClO7/c1-5-28(18(2)29(37-20(4)33)17-35-19(3)32)36-14-22-8-11-27(31)23(13-22)12-21-6-9-24(10-7-21)38-30-25-15-34-16-26(25)30;25-20-6-3-15(23(31-8-7-26)22(29)21(28)11-27)10-16(20)9-14-1-4-17(5-2-14)32-24-18-12-30-13-19(18)24/h6-11,13,18,25-26,28-30H,5,12,14-17H2,1-4H3;1-6,10,18-19,21-24,26-29H,7-9,11-13H2/t18-,25?,26?,28-,29-,30?;18?,19?,21-,22+,23?,24?/m10/s1. The van der Waals surface area contributed by atoms with Crippen LogP contribution < -0.4 is 9.47 Å². The van der Waals surface area contributed by atoms with Crippen LogP contribution in [0, 0.1) is 29.6 Å². The summed E-state index contributed by atoms with van der Waals surface area (Å²) in [6.07, 6.45) is -1.91. The molecule has 10 atom stereocenters. The molecule has 5 unspecified atom stereocenters. The van der Waals surface area contributed by atoms with Crippen LogP contribution in [0.3, 0.4) is 0 Å². The van der Waals surface area contributed by atoms with Crippen LogP contribution in [0.2, 0.25) is 10.0 Å². The number of benzene rings is 4. The Labute approximate surface area is 420 Å². The Morgan fingerprint density at radius 3 is 1.69 bits per heavy atom. The molecule has 4 N–H and O–H groups in total. The smallest absolute Gasteiger partial charge is 0.303 e. The van der Waals surface area contributed by atoms with Crippen LogP contribution >= 0.6 is 23.2 Å². The number of aliphatic hydroxyl groups excluding tert-OH is 4. The molecule has 380 valence electrons. The van der Waals surface area contributed by atoms with Gasteiger partial charge in [0, 0.05) is 53.5 Å². The second kappa shape index (κ2) is 25.4. The summed E-state index contributed by atoms with van der Waals surface area (Å²) in [5.41, 5.74) is 5.63. The summed E-state index contributed by atoms with van der Waals surface area (Å²) in [4.78, 5) is 22.9. The maximum Gasteiger partial charge on any atom is 0.303 e. The Morgan fingerprint density at radius 2 is 1.20 bits per heavy atom. The summed E-state index contributed by atoms with van der Waals surface area (Å²) in [5.74, 6) is 2.88. The summed E-state index contributed by atoms with van der Waals surface area (Å²) in [6, 6.07) is 27.3. The van der Waals surface area contributed by atoms with Crippen molar-refractivity contribution < 1.29 is 67.9 Å². The Bertz CT molecular complexity index is 2290. The number of hydrogen-bond donors (Lipinski definition) is 4. The number of carbonyl (C=O) groups excluding carboxylic acids is 2. The number of esters is 2. The molecule has 4 aromatic carbocycles. The van der Waals surface area contributed by atoms with Gasteiger partial charge in [0.15, 0.2) is 0 Å². The molecule has 2 heterocycles. The van der Waals surface area contributed by atoms with Crippen LogP contribution in [0.15, 0.2) is 84.9 Å². The molecule has 16 heteroatoms. The van der Waals surface area contributed by atoms with E-state index >= 15 is 0 Å². The van der Waals surface area contributed by atoms with Crippen LogP contribution in [-0.2, 0) is 57.5 Å². The van der Waals surface area contributed by atoms with Crippen LogP contribution in [0.4, 0.5) is 0 Å². The van der Waals surface area contributed by atoms with E-state index in [4.69, 9.17) is 66.2 Å². The SMILES string of the molecule is CC[C@@H](OCc1ccc(Cl)c(Cc2ccc(OC3C4COCC43)cc2)c1)[C@@H](C)[C@@H](COC(C)=O)OC(C)=O.OCCOC(c1ccc(Cl)c(Cc2ccc(OC3C4COCC43)cc2)c1)[C@H](O)[C@@H](O)CO. The third-order valence-electron chi connectivity index (χ3n) is 13.5. The molecule has 14 nitrogen and oxygen atoms in total. The van der Waals surface area contributed by atoms with Crippen molar-refractivity contribution in [2.45, 2.75) is 96.3 Å². The van der Waals surface area contributed by atoms with E-state index in [1.165, 1.54) is 13.8 Å². The van der Waals surface area contributed by atoms with Gasteiger partial charge in [0.25, 0.3) is 0 Å². The van der Waals surface area contributed by atoms with E-state index < -0.39 is 43.0 Å².